The first kappa shape index (κ1) is 13.6. The molecule has 1 fully saturated rings. The lowest BCUT2D eigenvalue weighted by Gasteiger charge is -2.14. The number of halogens is 1. The molecule has 3 rings (SSSR count). The van der Waals surface area contributed by atoms with E-state index in [4.69, 9.17) is 0 Å². The monoisotopic (exact) mass is 328 g/mol. The second-order valence-electron chi connectivity index (χ2n) is 5.74. The molecule has 0 bridgehead atoms. The molecule has 0 amide bonds. The van der Waals surface area contributed by atoms with Crippen LogP contribution in [-0.2, 0) is 10.2 Å². The van der Waals surface area contributed by atoms with Gasteiger partial charge < -0.3 is 0 Å². The largest absolute Gasteiger partial charge is 0.300 e. The smallest absolute Gasteiger partial charge is 0.130 e. The normalized spacial score (nSPS) is 15.9. The van der Waals surface area contributed by atoms with E-state index in [-0.39, 0.29) is 5.41 Å². The fraction of sp³-hybridized carbons (Fsp3) is 0.278. The van der Waals surface area contributed by atoms with Crippen molar-refractivity contribution in [1.29, 1.82) is 0 Å². The SMILES string of the molecule is CC(=O)CC1(c2ccc(-c3ccc(Br)cc3)cc2)CC1. The zero-order chi connectivity index (χ0) is 14.2. The third-order valence-electron chi connectivity index (χ3n) is 4.12. The highest BCUT2D eigenvalue weighted by molar-refractivity contribution is 9.10. The van der Waals surface area contributed by atoms with Crippen molar-refractivity contribution < 1.29 is 4.79 Å². The molecular formula is C18H17BrO. The number of hydrogen-bond acceptors (Lipinski definition) is 1. The van der Waals surface area contributed by atoms with E-state index in [1.54, 1.807) is 6.92 Å². The topological polar surface area (TPSA) is 17.1 Å². The van der Waals surface area contributed by atoms with Crippen molar-refractivity contribution in [2.75, 3.05) is 0 Å². The van der Waals surface area contributed by atoms with E-state index in [0.29, 0.717) is 12.2 Å². The summed E-state index contributed by atoms with van der Waals surface area (Å²) in [7, 11) is 0. The summed E-state index contributed by atoms with van der Waals surface area (Å²) in [4.78, 5) is 11.4. The highest BCUT2D eigenvalue weighted by atomic mass is 79.9. The fourth-order valence-corrected chi connectivity index (χ4v) is 3.12. The van der Waals surface area contributed by atoms with Crippen LogP contribution < -0.4 is 0 Å². The molecule has 20 heavy (non-hydrogen) atoms. The average Bonchev–Trinajstić information content (AvgIpc) is 3.20. The van der Waals surface area contributed by atoms with Crippen molar-refractivity contribution in [3.63, 3.8) is 0 Å². The Morgan fingerprint density at radius 3 is 1.95 bits per heavy atom. The third kappa shape index (κ3) is 2.71. The van der Waals surface area contributed by atoms with Crippen LogP contribution in [0.3, 0.4) is 0 Å². The summed E-state index contributed by atoms with van der Waals surface area (Å²) in [6, 6.07) is 17.0. The zero-order valence-corrected chi connectivity index (χ0v) is 13.1. The van der Waals surface area contributed by atoms with Crippen LogP contribution >= 0.6 is 15.9 Å². The summed E-state index contributed by atoms with van der Waals surface area (Å²) in [5.74, 6) is 0.291. The lowest BCUT2D eigenvalue weighted by atomic mass is 9.89. The Bertz CT molecular complexity index is 621. The Morgan fingerprint density at radius 2 is 1.50 bits per heavy atom. The van der Waals surface area contributed by atoms with E-state index < -0.39 is 0 Å². The molecule has 0 aromatic heterocycles. The van der Waals surface area contributed by atoms with Gasteiger partial charge in [-0.3, -0.25) is 4.79 Å². The summed E-state index contributed by atoms with van der Waals surface area (Å²) < 4.78 is 1.09. The van der Waals surface area contributed by atoms with Gasteiger partial charge in [-0.15, -0.1) is 0 Å². The van der Waals surface area contributed by atoms with E-state index in [9.17, 15) is 4.79 Å². The quantitative estimate of drug-likeness (QED) is 0.760. The van der Waals surface area contributed by atoms with Gasteiger partial charge in [-0.05, 0) is 48.6 Å². The van der Waals surface area contributed by atoms with Crippen LogP contribution in [0.1, 0.15) is 31.7 Å². The fourth-order valence-electron chi connectivity index (χ4n) is 2.85. The first-order valence-corrected chi connectivity index (χ1v) is 7.74. The molecule has 0 saturated heterocycles. The van der Waals surface area contributed by atoms with Gasteiger partial charge in [0.15, 0.2) is 0 Å². The van der Waals surface area contributed by atoms with Crippen molar-refractivity contribution in [2.45, 2.75) is 31.6 Å². The highest BCUT2D eigenvalue weighted by Crippen LogP contribution is 2.51. The van der Waals surface area contributed by atoms with Crippen molar-refractivity contribution >= 4 is 21.7 Å². The molecular weight excluding hydrogens is 312 g/mol. The number of hydrogen-bond donors (Lipinski definition) is 0. The predicted molar refractivity (Wildman–Crippen MR) is 85.8 cm³/mol. The van der Waals surface area contributed by atoms with Crippen LogP contribution in [0.4, 0.5) is 0 Å². The molecule has 1 saturated carbocycles. The van der Waals surface area contributed by atoms with Crippen LogP contribution in [0.15, 0.2) is 53.0 Å². The number of benzene rings is 2. The molecule has 0 spiro atoms. The van der Waals surface area contributed by atoms with Gasteiger partial charge in [0.25, 0.3) is 0 Å². The molecule has 1 aliphatic carbocycles. The molecule has 0 aliphatic heterocycles. The molecule has 2 aromatic carbocycles. The van der Waals surface area contributed by atoms with Crippen molar-refractivity contribution in [3.05, 3.63) is 58.6 Å². The molecule has 0 radical (unpaired) electrons. The van der Waals surface area contributed by atoms with E-state index >= 15 is 0 Å². The van der Waals surface area contributed by atoms with E-state index in [1.165, 1.54) is 16.7 Å². The van der Waals surface area contributed by atoms with E-state index in [1.807, 2.05) is 0 Å². The second kappa shape index (κ2) is 5.17. The minimum absolute atomic E-state index is 0.143. The van der Waals surface area contributed by atoms with Crippen molar-refractivity contribution in [1.82, 2.24) is 0 Å². The Balaban J connectivity index is 1.85. The predicted octanol–water partition coefficient (Wildman–Crippen LogP) is 5.13. The van der Waals surface area contributed by atoms with Crippen molar-refractivity contribution in [2.24, 2.45) is 0 Å². The number of rotatable bonds is 4. The van der Waals surface area contributed by atoms with Crippen LogP contribution in [0.5, 0.6) is 0 Å². The maximum atomic E-state index is 11.4. The van der Waals surface area contributed by atoms with Crippen LogP contribution in [0.2, 0.25) is 0 Å². The van der Waals surface area contributed by atoms with Crippen molar-refractivity contribution in [3.8, 4) is 11.1 Å². The molecule has 2 aromatic rings. The number of carbonyl (C=O) groups is 1. The second-order valence-corrected chi connectivity index (χ2v) is 6.66. The summed E-state index contributed by atoms with van der Waals surface area (Å²) in [5.41, 5.74) is 3.90. The Kier molecular flexibility index (Phi) is 3.51. The van der Waals surface area contributed by atoms with Gasteiger partial charge in [-0.1, -0.05) is 52.3 Å². The maximum absolute atomic E-state index is 11.4. The standard InChI is InChI=1S/C18H17BrO/c1-13(20)12-18(10-11-18)16-6-2-14(3-7-16)15-4-8-17(19)9-5-15/h2-9H,10-12H2,1H3. The summed E-state index contributed by atoms with van der Waals surface area (Å²) in [6.07, 6.45) is 2.97. The average molecular weight is 329 g/mol. The minimum Gasteiger partial charge on any atom is -0.300 e. The maximum Gasteiger partial charge on any atom is 0.130 e. The van der Waals surface area contributed by atoms with Gasteiger partial charge >= 0.3 is 0 Å². The van der Waals surface area contributed by atoms with Gasteiger partial charge in [0.1, 0.15) is 5.78 Å². The summed E-state index contributed by atoms with van der Waals surface area (Å²) >= 11 is 3.45. The third-order valence-corrected chi connectivity index (χ3v) is 4.64. The number of ketones is 1. The van der Waals surface area contributed by atoms with Gasteiger partial charge in [0.05, 0.1) is 0 Å². The lowest BCUT2D eigenvalue weighted by Crippen LogP contribution is -2.11. The Morgan fingerprint density at radius 1 is 1.00 bits per heavy atom. The summed E-state index contributed by atoms with van der Waals surface area (Å²) in [6.45, 7) is 1.69. The highest BCUT2D eigenvalue weighted by Gasteiger charge is 2.44. The van der Waals surface area contributed by atoms with Crippen LogP contribution in [0.25, 0.3) is 11.1 Å². The van der Waals surface area contributed by atoms with Crippen LogP contribution in [-0.4, -0.2) is 5.78 Å². The molecule has 0 heterocycles. The minimum atomic E-state index is 0.143. The van der Waals surface area contributed by atoms with Gasteiger partial charge in [0, 0.05) is 16.3 Å². The van der Waals surface area contributed by atoms with Gasteiger partial charge in [0.2, 0.25) is 0 Å². The van der Waals surface area contributed by atoms with E-state index in [0.717, 1.165) is 17.3 Å². The number of carbonyl (C=O) groups excluding carboxylic acids is 1. The molecule has 102 valence electrons. The molecule has 1 nitrogen and oxygen atoms in total. The van der Waals surface area contributed by atoms with Gasteiger partial charge in [-0.2, -0.15) is 0 Å². The first-order chi connectivity index (χ1) is 9.59. The molecule has 0 atom stereocenters. The van der Waals surface area contributed by atoms with Gasteiger partial charge in [-0.25, -0.2) is 0 Å². The summed E-state index contributed by atoms with van der Waals surface area (Å²) in [5, 5.41) is 0. The van der Waals surface area contributed by atoms with Crippen LogP contribution in [0, 0.1) is 0 Å². The zero-order valence-electron chi connectivity index (χ0n) is 11.5. The molecule has 2 heteroatoms. The Labute approximate surface area is 128 Å². The Hall–Kier alpha value is -1.41. The van der Waals surface area contributed by atoms with E-state index in [2.05, 4.69) is 64.5 Å². The molecule has 0 unspecified atom stereocenters. The molecule has 1 aliphatic rings. The lowest BCUT2D eigenvalue weighted by molar-refractivity contribution is -0.117. The molecule has 0 N–H and O–H groups in total. The first-order valence-electron chi connectivity index (χ1n) is 6.95. The number of Topliss-reactive ketones (excluding diaryl/α,β-unsaturated/α-hetero) is 1.